The lowest BCUT2D eigenvalue weighted by Crippen LogP contribution is -2.46. The summed E-state index contributed by atoms with van der Waals surface area (Å²) < 4.78 is 0. The number of rotatable bonds is 4. The third-order valence-electron chi connectivity index (χ3n) is 3.25. The van der Waals surface area contributed by atoms with Crippen molar-refractivity contribution in [3.63, 3.8) is 0 Å². The Bertz CT molecular complexity index is 219. The van der Waals surface area contributed by atoms with Crippen molar-refractivity contribution in [1.82, 2.24) is 4.90 Å². The van der Waals surface area contributed by atoms with Crippen molar-refractivity contribution in [2.75, 3.05) is 13.1 Å². The Hall–Kier alpha value is -0.610. The van der Waals surface area contributed by atoms with Crippen LogP contribution in [0.5, 0.6) is 0 Å². The average molecular weight is 214 g/mol. The highest BCUT2D eigenvalue weighted by Crippen LogP contribution is 2.21. The van der Waals surface area contributed by atoms with Gasteiger partial charge < -0.3 is 10.8 Å². The molecular weight excluding hydrogens is 192 g/mol. The van der Waals surface area contributed by atoms with Gasteiger partial charge in [-0.3, -0.25) is 9.69 Å². The van der Waals surface area contributed by atoms with Crippen molar-refractivity contribution in [3.05, 3.63) is 0 Å². The van der Waals surface area contributed by atoms with Crippen LogP contribution in [-0.4, -0.2) is 41.1 Å². The predicted octanol–water partition coefficient (Wildman–Crippen LogP) is 0.343. The third kappa shape index (κ3) is 3.80. The second-order valence-electron chi connectivity index (χ2n) is 4.66. The average Bonchev–Trinajstić information content (AvgIpc) is 2.16. The Morgan fingerprint density at radius 2 is 2.27 bits per heavy atom. The minimum absolute atomic E-state index is 0.00445. The molecule has 1 aliphatic rings. The number of carbonyl (C=O) groups excluding carboxylic acids is 1. The number of nitrogens with zero attached hydrogens (tertiary/aromatic N) is 1. The quantitative estimate of drug-likeness (QED) is 0.709. The number of piperidine rings is 1. The Kier molecular flexibility index (Phi) is 4.54. The van der Waals surface area contributed by atoms with E-state index in [4.69, 9.17) is 5.73 Å². The van der Waals surface area contributed by atoms with Crippen LogP contribution in [0.1, 0.15) is 33.1 Å². The Balaban J connectivity index is 2.42. The molecule has 0 aromatic heterocycles. The lowest BCUT2D eigenvalue weighted by atomic mass is 9.93. The Morgan fingerprint density at radius 3 is 2.80 bits per heavy atom. The van der Waals surface area contributed by atoms with Gasteiger partial charge in [0.15, 0.2) is 0 Å². The maximum Gasteiger partial charge on any atom is 0.221 e. The van der Waals surface area contributed by atoms with Gasteiger partial charge in [-0.05, 0) is 33.1 Å². The molecule has 0 bridgehead atoms. The van der Waals surface area contributed by atoms with Gasteiger partial charge in [0.1, 0.15) is 0 Å². The first-order valence-electron chi connectivity index (χ1n) is 5.72. The van der Waals surface area contributed by atoms with Gasteiger partial charge in [-0.15, -0.1) is 0 Å². The maximum absolute atomic E-state index is 11.1. The molecule has 88 valence electrons. The van der Waals surface area contributed by atoms with E-state index < -0.39 is 0 Å². The molecule has 0 spiro atoms. The summed E-state index contributed by atoms with van der Waals surface area (Å²) in [4.78, 5) is 13.3. The highest BCUT2D eigenvalue weighted by atomic mass is 16.3. The van der Waals surface area contributed by atoms with Gasteiger partial charge in [0.05, 0.1) is 12.0 Å². The smallest absolute Gasteiger partial charge is 0.221 e. The number of carbonyl (C=O) groups is 1. The molecule has 0 saturated carbocycles. The molecule has 1 amide bonds. The summed E-state index contributed by atoms with van der Waals surface area (Å²) in [5.74, 6) is -0.195. The number of amides is 1. The van der Waals surface area contributed by atoms with Gasteiger partial charge in [0, 0.05) is 19.1 Å². The number of hydrogen-bond acceptors (Lipinski definition) is 3. The molecule has 0 radical (unpaired) electrons. The second kappa shape index (κ2) is 5.47. The van der Waals surface area contributed by atoms with Crippen LogP contribution in [0.15, 0.2) is 0 Å². The zero-order chi connectivity index (χ0) is 11.4. The van der Waals surface area contributed by atoms with Crippen LogP contribution in [0.25, 0.3) is 0 Å². The zero-order valence-electron chi connectivity index (χ0n) is 9.65. The number of hydrogen-bond donors (Lipinski definition) is 2. The van der Waals surface area contributed by atoms with Crippen molar-refractivity contribution in [2.45, 2.75) is 45.3 Å². The van der Waals surface area contributed by atoms with Gasteiger partial charge in [-0.1, -0.05) is 0 Å². The van der Waals surface area contributed by atoms with E-state index in [1.165, 1.54) is 0 Å². The molecule has 0 aromatic carbocycles. The highest BCUT2D eigenvalue weighted by Gasteiger charge is 2.28. The first-order valence-corrected chi connectivity index (χ1v) is 5.72. The van der Waals surface area contributed by atoms with Gasteiger partial charge in [-0.25, -0.2) is 0 Å². The summed E-state index contributed by atoms with van der Waals surface area (Å²) in [6.45, 7) is 5.56. The van der Waals surface area contributed by atoms with Crippen LogP contribution in [0.2, 0.25) is 0 Å². The molecule has 4 nitrogen and oxygen atoms in total. The first-order chi connectivity index (χ1) is 7.00. The summed E-state index contributed by atoms with van der Waals surface area (Å²) in [6.07, 6.45) is 2.41. The topological polar surface area (TPSA) is 66.6 Å². The van der Waals surface area contributed by atoms with E-state index in [0.717, 1.165) is 32.4 Å². The fraction of sp³-hybridized carbons (Fsp3) is 0.909. The van der Waals surface area contributed by atoms with E-state index in [0.29, 0.717) is 6.04 Å². The third-order valence-corrected chi connectivity index (χ3v) is 3.25. The molecule has 3 atom stereocenters. The van der Waals surface area contributed by atoms with Crippen molar-refractivity contribution >= 4 is 5.91 Å². The van der Waals surface area contributed by atoms with E-state index >= 15 is 0 Å². The molecule has 0 aromatic rings. The van der Waals surface area contributed by atoms with Crippen LogP contribution in [0, 0.1) is 5.92 Å². The van der Waals surface area contributed by atoms with Crippen molar-refractivity contribution < 1.29 is 9.90 Å². The SMILES string of the molecule is CC(O)CCN1CC(C(N)=O)CCC1C. The van der Waals surface area contributed by atoms with E-state index in [-0.39, 0.29) is 17.9 Å². The number of primary amides is 1. The first kappa shape index (κ1) is 12.5. The Labute approximate surface area is 91.4 Å². The molecule has 1 heterocycles. The van der Waals surface area contributed by atoms with Crippen LogP contribution in [-0.2, 0) is 4.79 Å². The lowest BCUT2D eigenvalue weighted by Gasteiger charge is -2.37. The summed E-state index contributed by atoms with van der Waals surface area (Å²) >= 11 is 0. The number of likely N-dealkylation sites (tertiary alicyclic amines) is 1. The summed E-state index contributed by atoms with van der Waals surface area (Å²) in [6, 6.07) is 0.499. The van der Waals surface area contributed by atoms with Crippen LogP contribution < -0.4 is 5.73 Å². The fourth-order valence-electron chi connectivity index (χ4n) is 2.08. The highest BCUT2D eigenvalue weighted by molar-refractivity contribution is 5.76. The zero-order valence-corrected chi connectivity index (χ0v) is 9.65. The fourth-order valence-corrected chi connectivity index (χ4v) is 2.08. The molecule has 3 unspecified atom stereocenters. The monoisotopic (exact) mass is 214 g/mol. The van der Waals surface area contributed by atoms with Crippen LogP contribution in [0.4, 0.5) is 0 Å². The molecule has 15 heavy (non-hydrogen) atoms. The maximum atomic E-state index is 11.1. The molecule has 0 aliphatic carbocycles. The number of aliphatic hydroxyl groups is 1. The van der Waals surface area contributed by atoms with Crippen LogP contribution >= 0.6 is 0 Å². The minimum Gasteiger partial charge on any atom is -0.393 e. The van der Waals surface area contributed by atoms with E-state index in [2.05, 4.69) is 11.8 Å². The predicted molar refractivity (Wildman–Crippen MR) is 59.3 cm³/mol. The molecule has 1 saturated heterocycles. The molecule has 1 rings (SSSR count). The minimum atomic E-state index is -0.272. The number of nitrogens with two attached hydrogens (primary N) is 1. The van der Waals surface area contributed by atoms with Gasteiger partial charge in [0.25, 0.3) is 0 Å². The molecule has 1 aliphatic heterocycles. The van der Waals surface area contributed by atoms with Crippen molar-refractivity contribution in [1.29, 1.82) is 0 Å². The van der Waals surface area contributed by atoms with E-state index in [1.54, 1.807) is 6.92 Å². The summed E-state index contributed by atoms with van der Waals surface area (Å²) in [5, 5.41) is 9.23. The largest absolute Gasteiger partial charge is 0.393 e. The number of aliphatic hydroxyl groups excluding tert-OH is 1. The van der Waals surface area contributed by atoms with E-state index in [9.17, 15) is 9.90 Å². The van der Waals surface area contributed by atoms with Crippen molar-refractivity contribution in [2.24, 2.45) is 11.7 Å². The van der Waals surface area contributed by atoms with Gasteiger partial charge in [-0.2, -0.15) is 0 Å². The molecule has 1 fully saturated rings. The normalized spacial score (nSPS) is 30.1. The van der Waals surface area contributed by atoms with Crippen molar-refractivity contribution in [3.8, 4) is 0 Å². The molecule has 3 N–H and O–H groups in total. The van der Waals surface area contributed by atoms with Crippen LogP contribution in [0.3, 0.4) is 0 Å². The molecule has 4 heteroatoms. The summed E-state index contributed by atoms with van der Waals surface area (Å²) in [7, 11) is 0. The second-order valence-corrected chi connectivity index (χ2v) is 4.66. The van der Waals surface area contributed by atoms with Gasteiger partial charge in [0.2, 0.25) is 5.91 Å². The van der Waals surface area contributed by atoms with Gasteiger partial charge >= 0.3 is 0 Å². The lowest BCUT2D eigenvalue weighted by molar-refractivity contribution is -0.124. The standard InChI is InChI=1S/C11H22N2O2/c1-8-3-4-10(11(12)15)7-13(8)6-5-9(2)14/h8-10,14H,3-7H2,1-2H3,(H2,12,15). The Morgan fingerprint density at radius 1 is 1.60 bits per heavy atom. The van der Waals surface area contributed by atoms with E-state index in [1.807, 2.05) is 0 Å². The summed E-state index contributed by atoms with van der Waals surface area (Å²) in [5.41, 5.74) is 5.32. The molecular formula is C11H22N2O2.